The van der Waals surface area contributed by atoms with Crippen LogP contribution in [0.15, 0.2) is 18.2 Å². The van der Waals surface area contributed by atoms with Crippen LogP contribution in [0.1, 0.15) is 31.9 Å². The number of rotatable bonds is 5. The van der Waals surface area contributed by atoms with Gasteiger partial charge in [-0.25, -0.2) is 4.39 Å². The maximum absolute atomic E-state index is 13.5. The van der Waals surface area contributed by atoms with Gasteiger partial charge in [0.25, 0.3) is 0 Å². The van der Waals surface area contributed by atoms with Crippen molar-refractivity contribution in [2.45, 2.75) is 38.8 Å². The van der Waals surface area contributed by atoms with Gasteiger partial charge in [-0.15, -0.1) is 25.6 Å². The molecule has 3 N–H and O–H groups in total. The van der Waals surface area contributed by atoms with Crippen LogP contribution < -0.4 is 10.5 Å². The maximum atomic E-state index is 13.5. The number of aliphatic hydroxyl groups is 1. The van der Waals surface area contributed by atoms with E-state index in [0.717, 1.165) is 12.1 Å². The van der Waals surface area contributed by atoms with E-state index in [1.165, 1.54) is 6.07 Å². The van der Waals surface area contributed by atoms with Gasteiger partial charge in [0.05, 0.1) is 12.1 Å². The Morgan fingerprint density at radius 2 is 1.90 bits per heavy atom. The minimum absolute atomic E-state index is 0. The lowest BCUT2D eigenvalue weighted by Gasteiger charge is -2.24. The first kappa shape index (κ1) is 19.9. The summed E-state index contributed by atoms with van der Waals surface area (Å²) in [5.74, 6) is -2.21. The molecule has 0 amide bonds. The van der Waals surface area contributed by atoms with Crippen LogP contribution in [0.4, 0.5) is 17.6 Å². The molecule has 3 atom stereocenters. The molecule has 0 spiro atoms. The second-order valence-corrected chi connectivity index (χ2v) is 4.64. The van der Waals surface area contributed by atoms with Gasteiger partial charge < -0.3 is 15.6 Å². The highest BCUT2D eigenvalue weighted by atomic mass is 35.5. The summed E-state index contributed by atoms with van der Waals surface area (Å²) in [5, 5.41) is 9.93. The topological polar surface area (TPSA) is 55.5 Å². The number of benzene rings is 1. The summed E-state index contributed by atoms with van der Waals surface area (Å²) in [6.45, 7) is 3.64. The van der Waals surface area contributed by atoms with Gasteiger partial charge in [0.15, 0.2) is 11.6 Å². The van der Waals surface area contributed by atoms with Gasteiger partial charge in [-0.3, -0.25) is 0 Å². The van der Waals surface area contributed by atoms with Crippen molar-refractivity contribution in [1.82, 2.24) is 0 Å². The van der Waals surface area contributed by atoms with Crippen LogP contribution in [0.2, 0.25) is 0 Å². The second kappa shape index (κ2) is 7.82. The van der Waals surface area contributed by atoms with E-state index in [2.05, 4.69) is 4.74 Å². The highest BCUT2D eigenvalue weighted by molar-refractivity contribution is 5.85. The first-order valence-corrected chi connectivity index (χ1v) is 6.14. The van der Waals surface area contributed by atoms with Gasteiger partial charge >= 0.3 is 6.36 Å². The molecule has 0 radical (unpaired) electrons. The van der Waals surface area contributed by atoms with Crippen molar-refractivity contribution < 1.29 is 27.4 Å². The molecule has 0 aliphatic heterocycles. The Kier molecular flexibility index (Phi) is 7.43. The molecule has 122 valence electrons. The average molecular weight is 332 g/mol. The Morgan fingerprint density at radius 3 is 2.33 bits per heavy atom. The highest BCUT2D eigenvalue weighted by Crippen LogP contribution is 2.29. The molecule has 3 nitrogen and oxygen atoms in total. The van der Waals surface area contributed by atoms with Gasteiger partial charge in [-0.05, 0) is 23.6 Å². The fourth-order valence-electron chi connectivity index (χ4n) is 1.72. The van der Waals surface area contributed by atoms with Crippen molar-refractivity contribution in [3.63, 3.8) is 0 Å². The van der Waals surface area contributed by atoms with Crippen molar-refractivity contribution in [1.29, 1.82) is 0 Å². The summed E-state index contributed by atoms with van der Waals surface area (Å²) in [4.78, 5) is 0. The van der Waals surface area contributed by atoms with Gasteiger partial charge in [-0.1, -0.05) is 26.3 Å². The van der Waals surface area contributed by atoms with Gasteiger partial charge in [0.1, 0.15) is 0 Å². The molecule has 0 aliphatic rings. The van der Waals surface area contributed by atoms with Crippen molar-refractivity contribution in [3.8, 4) is 5.75 Å². The number of hydrogen-bond acceptors (Lipinski definition) is 3. The van der Waals surface area contributed by atoms with E-state index in [1.54, 1.807) is 6.92 Å². The summed E-state index contributed by atoms with van der Waals surface area (Å²) in [6, 6.07) is 2.03. The molecule has 0 saturated carbocycles. The molecule has 0 heterocycles. The summed E-state index contributed by atoms with van der Waals surface area (Å²) in [6.07, 6.45) is -5.19. The number of alkyl halides is 3. The maximum Gasteiger partial charge on any atom is 0.573 e. The Labute approximate surface area is 126 Å². The lowest BCUT2D eigenvalue weighted by molar-refractivity contribution is -0.275. The van der Waals surface area contributed by atoms with Crippen molar-refractivity contribution in [2.75, 3.05) is 0 Å². The summed E-state index contributed by atoms with van der Waals surface area (Å²) in [7, 11) is 0. The third kappa shape index (κ3) is 5.68. The average Bonchev–Trinajstić information content (AvgIpc) is 2.37. The molecule has 0 fully saturated rings. The fraction of sp³-hybridized carbons (Fsp3) is 0.538. The molecule has 21 heavy (non-hydrogen) atoms. The first-order valence-electron chi connectivity index (χ1n) is 6.14. The molecule has 0 aliphatic carbocycles. The van der Waals surface area contributed by atoms with Crippen LogP contribution in [0.5, 0.6) is 5.75 Å². The molecular weight excluding hydrogens is 314 g/mol. The third-order valence-corrected chi connectivity index (χ3v) is 3.16. The molecule has 8 heteroatoms. The van der Waals surface area contributed by atoms with E-state index in [4.69, 9.17) is 5.73 Å². The lowest BCUT2D eigenvalue weighted by Crippen LogP contribution is -2.31. The quantitative estimate of drug-likeness (QED) is 0.811. The molecule has 0 bridgehead atoms. The van der Waals surface area contributed by atoms with Crippen LogP contribution in [-0.2, 0) is 0 Å². The Hall–Kier alpha value is -1.05. The van der Waals surface area contributed by atoms with Crippen LogP contribution in [0.3, 0.4) is 0 Å². The molecule has 1 rings (SSSR count). The van der Waals surface area contributed by atoms with Gasteiger partial charge in [-0.2, -0.15) is 0 Å². The minimum atomic E-state index is -4.96. The first-order chi connectivity index (χ1) is 9.15. The van der Waals surface area contributed by atoms with Crippen molar-refractivity contribution in [3.05, 3.63) is 29.6 Å². The van der Waals surface area contributed by atoms with Crippen LogP contribution in [-0.4, -0.2) is 17.6 Å². The van der Waals surface area contributed by atoms with Crippen molar-refractivity contribution >= 4 is 12.4 Å². The molecule has 1 aromatic rings. The van der Waals surface area contributed by atoms with Gasteiger partial charge in [0, 0.05) is 0 Å². The third-order valence-electron chi connectivity index (χ3n) is 3.16. The zero-order valence-corrected chi connectivity index (χ0v) is 12.3. The monoisotopic (exact) mass is 331 g/mol. The van der Waals surface area contributed by atoms with E-state index in [-0.39, 0.29) is 23.9 Å². The van der Waals surface area contributed by atoms with Gasteiger partial charge in [0.2, 0.25) is 0 Å². The zero-order valence-electron chi connectivity index (χ0n) is 11.5. The van der Waals surface area contributed by atoms with E-state index in [0.29, 0.717) is 6.42 Å². The van der Waals surface area contributed by atoms with Crippen LogP contribution in [0, 0.1) is 11.7 Å². The smallest absolute Gasteiger partial charge is 0.403 e. The molecule has 1 unspecified atom stereocenters. The van der Waals surface area contributed by atoms with E-state index < -0.39 is 30.1 Å². The SMILES string of the molecule is CCC(C)[C@H](O)[C@H](N)c1ccc(OC(F)(F)F)c(F)c1.Cl. The predicted octanol–water partition coefficient (Wildman–Crippen LogP) is 3.55. The lowest BCUT2D eigenvalue weighted by atomic mass is 9.91. The normalized spacial score (nSPS) is 15.8. The predicted molar refractivity (Wildman–Crippen MR) is 72.7 cm³/mol. The van der Waals surface area contributed by atoms with E-state index in [9.17, 15) is 22.7 Å². The number of hydrogen-bond donors (Lipinski definition) is 2. The van der Waals surface area contributed by atoms with E-state index >= 15 is 0 Å². The standard InChI is InChI=1S/C13H17F4NO2.ClH/c1-3-7(2)12(19)11(18)8-4-5-10(9(14)6-8)20-13(15,16)17;/h4-7,11-12,19H,3,18H2,1-2H3;1H/t7?,11-,12+;/m1./s1. The Bertz CT molecular complexity index is 456. The summed E-state index contributed by atoms with van der Waals surface area (Å²) < 4.78 is 53.1. The zero-order chi connectivity index (χ0) is 15.5. The number of halogens is 5. The Balaban J connectivity index is 0.00000400. The highest BCUT2D eigenvalue weighted by Gasteiger charge is 2.32. The Morgan fingerprint density at radius 1 is 1.33 bits per heavy atom. The molecular formula is C13H18ClF4NO2. The summed E-state index contributed by atoms with van der Waals surface area (Å²) in [5.41, 5.74) is 5.99. The second-order valence-electron chi connectivity index (χ2n) is 4.64. The van der Waals surface area contributed by atoms with Crippen LogP contribution in [0.25, 0.3) is 0 Å². The fourth-order valence-corrected chi connectivity index (χ4v) is 1.72. The number of aliphatic hydroxyl groups excluding tert-OH is 1. The van der Waals surface area contributed by atoms with Crippen LogP contribution >= 0.6 is 12.4 Å². The number of nitrogens with two attached hydrogens (primary N) is 1. The summed E-state index contributed by atoms with van der Waals surface area (Å²) >= 11 is 0. The van der Waals surface area contributed by atoms with E-state index in [1.807, 2.05) is 6.92 Å². The minimum Gasteiger partial charge on any atom is -0.403 e. The molecule has 0 aromatic heterocycles. The molecule has 0 saturated heterocycles. The number of ether oxygens (including phenoxy) is 1. The van der Waals surface area contributed by atoms with Crippen molar-refractivity contribution in [2.24, 2.45) is 11.7 Å². The molecule has 1 aromatic carbocycles. The largest absolute Gasteiger partial charge is 0.573 e.